The lowest BCUT2D eigenvalue weighted by Crippen LogP contribution is -2.25. The molecule has 3 atom stereocenters. The van der Waals surface area contributed by atoms with E-state index in [-0.39, 0.29) is 35.4 Å². The molecule has 1 aliphatic heterocycles. The number of amides is 1. The normalized spacial score (nSPS) is 23.5. The molecule has 0 saturated carbocycles. The van der Waals surface area contributed by atoms with Gasteiger partial charge < -0.3 is 14.9 Å². The minimum atomic E-state index is -0.950. The molecule has 0 aromatic carbocycles. The molecule has 0 spiro atoms. The van der Waals surface area contributed by atoms with Crippen molar-refractivity contribution >= 4 is 23.0 Å². The van der Waals surface area contributed by atoms with E-state index in [9.17, 15) is 24.6 Å². The van der Waals surface area contributed by atoms with E-state index in [1.807, 2.05) is 0 Å². The van der Waals surface area contributed by atoms with Gasteiger partial charge in [0.15, 0.2) is 11.2 Å². The van der Waals surface area contributed by atoms with E-state index in [0.29, 0.717) is 0 Å². The number of hydrogen-bond acceptors (Lipinski definition) is 7. The van der Waals surface area contributed by atoms with Crippen molar-refractivity contribution in [2.75, 3.05) is 11.9 Å². The van der Waals surface area contributed by atoms with E-state index in [4.69, 9.17) is 4.74 Å². The number of H-pyrrole nitrogens is 2. The lowest BCUT2D eigenvalue weighted by molar-refractivity contribution is -0.118. The quantitative estimate of drug-likeness (QED) is 0.453. The molecule has 11 heteroatoms. The van der Waals surface area contributed by atoms with Crippen LogP contribution in [0.3, 0.4) is 0 Å². The Bertz CT molecular complexity index is 913. The van der Waals surface area contributed by atoms with Gasteiger partial charge in [-0.1, -0.05) is 13.8 Å². The number of aromatic nitrogens is 4. The number of ether oxygens (including phenoxy) is 1. The van der Waals surface area contributed by atoms with Crippen LogP contribution in [0.15, 0.2) is 9.59 Å². The second kappa shape index (κ2) is 6.43. The van der Waals surface area contributed by atoms with Gasteiger partial charge in [0, 0.05) is 12.3 Å². The largest absolute Gasteiger partial charge is 0.394 e. The van der Waals surface area contributed by atoms with E-state index >= 15 is 0 Å². The molecule has 0 unspecified atom stereocenters. The molecule has 2 aromatic heterocycles. The number of aliphatic hydroxyl groups excluding tert-OH is 2. The molecular weight excluding hydrogens is 334 g/mol. The molecule has 3 heterocycles. The number of fused-ring (bicyclic) bond motifs is 1. The first-order valence-corrected chi connectivity index (χ1v) is 7.81. The standard InChI is InChI=1S/C14H19N5O6/c1-5(2)11(22)17-13-16-10-9(12(23)18-13)15-14(24)19(10)8-3-6(21)7(4-20)25-8/h5-8,20-21H,3-4H2,1-2H3,(H,15,24)(H2,16,17,18,22,23)/t6-,7-,8-/m1/s1. The lowest BCUT2D eigenvalue weighted by atomic mass is 10.2. The summed E-state index contributed by atoms with van der Waals surface area (Å²) in [6.45, 7) is 2.96. The van der Waals surface area contributed by atoms with Gasteiger partial charge in [-0.25, -0.2) is 9.36 Å². The van der Waals surface area contributed by atoms with Gasteiger partial charge in [-0.2, -0.15) is 4.98 Å². The van der Waals surface area contributed by atoms with E-state index in [1.165, 1.54) is 0 Å². The SMILES string of the molecule is CC(C)C(=O)Nc1nc2c([nH]c(=O)n2[C@H]2C[C@@H](O)[C@@H](CO)O2)c(=O)[nH]1. The minimum absolute atomic E-state index is 0.0106. The molecule has 5 N–H and O–H groups in total. The zero-order chi connectivity index (χ0) is 18.3. The zero-order valence-electron chi connectivity index (χ0n) is 13.6. The summed E-state index contributed by atoms with van der Waals surface area (Å²) in [6, 6.07) is 0. The molecule has 1 fully saturated rings. The molecule has 136 valence electrons. The highest BCUT2D eigenvalue weighted by molar-refractivity contribution is 5.91. The summed E-state index contributed by atoms with van der Waals surface area (Å²) in [5.41, 5.74) is -1.35. The van der Waals surface area contributed by atoms with E-state index in [0.717, 1.165) is 4.57 Å². The summed E-state index contributed by atoms with van der Waals surface area (Å²) in [6.07, 6.45) is -2.62. The van der Waals surface area contributed by atoms with Crippen LogP contribution in [-0.4, -0.2) is 54.5 Å². The summed E-state index contributed by atoms with van der Waals surface area (Å²) in [5, 5.41) is 21.5. The zero-order valence-corrected chi connectivity index (χ0v) is 13.6. The van der Waals surface area contributed by atoms with Crippen molar-refractivity contribution in [3.63, 3.8) is 0 Å². The summed E-state index contributed by atoms with van der Waals surface area (Å²) in [5.74, 6) is -0.769. The fourth-order valence-electron chi connectivity index (χ4n) is 2.64. The fraction of sp³-hybridized carbons (Fsp3) is 0.571. The van der Waals surface area contributed by atoms with Crippen molar-refractivity contribution in [2.24, 2.45) is 5.92 Å². The van der Waals surface area contributed by atoms with Gasteiger partial charge in [0.2, 0.25) is 11.9 Å². The number of anilines is 1. The Morgan fingerprint density at radius 3 is 2.76 bits per heavy atom. The minimum Gasteiger partial charge on any atom is -0.394 e. The molecule has 1 amide bonds. The van der Waals surface area contributed by atoms with Crippen molar-refractivity contribution in [3.8, 4) is 0 Å². The molecule has 3 rings (SSSR count). The van der Waals surface area contributed by atoms with E-state index < -0.39 is 36.3 Å². The Balaban J connectivity index is 2.06. The topological polar surface area (TPSA) is 162 Å². The molecule has 0 radical (unpaired) electrons. The van der Waals surface area contributed by atoms with Gasteiger partial charge in [0.25, 0.3) is 5.56 Å². The number of carbonyl (C=O) groups is 1. The van der Waals surface area contributed by atoms with Crippen LogP contribution in [0.1, 0.15) is 26.5 Å². The van der Waals surface area contributed by atoms with Crippen LogP contribution in [0.2, 0.25) is 0 Å². The average molecular weight is 353 g/mol. The Labute approximate surface area is 140 Å². The first-order valence-electron chi connectivity index (χ1n) is 7.81. The first kappa shape index (κ1) is 17.3. The monoisotopic (exact) mass is 353 g/mol. The molecule has 0 bridgehead atoms. The number of carbonyl (C=O) groups excluding carboxylic acids is 1. The summed E-state index contributed by atoms with van der Waals surface area (Å²) < 4.78 is 6.55. The highest BCUT2D eigenvalue weighted by Gasteiger charge is 2.36. The third kappa shape index (κ3) is 3.08. The molecule has 1 saturated heterocycles. The Morgan fingerprint density at radius 2 is 2.16 bits per heavy atom. The third-order valence-electron chi connectivity index (χ3n) is 4.02. The number of aromatic amines is 2. The summed E-state index contributed by atoms with van der Waals surface area (Å²) in [7, 11) is 0. The van der Waals surface area contributed by atoms with Crippen LogP contribution in [0.25, 0.3) is 11.2 Å². The molecule has 0 aliphatic carbocycles. The van der Waals surface area contributed by atoms with E-state index in [2.05, 4.69) is 20.3 Å². The number of imidazole rings is 1. The van der Waals surface area contributed by atoms with Crippen LogP contribution < -0.4 is 16.6 Å². The predicted octanol–water partition coefficient (Wildman–Crippen LogP) is -1.35. The fourth-order valence-corrected chi connectivity index (χ4v) is 2.64. The smallest absolute Gasteiger partial charge is 0.329 e. The summed E-state index contributed by atoms with van der Waals surface area (Å²) in [4.78, 5) is 45.1. The number of hydrogen-bond donors (Lipinski definition) is 5. The van der Waals surface area contributed by atoms with Crippen LogP contribution in [0.4, 0.5) is 5.95 Å². The van der Waals surface area contributed by atoms with Crippen molar-refractivity contribution in [1.29, 1.82) is 0 Å². The van der Waals surface area contributed by atoms with Crippen molar-refractivity contribution in [1.82, 2.24) is 19.5 Å². The van der Waals surface area contributed by atoms with Crippen LogP contribution in [0, 0.1) is 5.92 Å². The maximum Gasteiger partial charge on any atom is 0.329 e. The maximum atomic E-state index is 12.2. The highest BCUT2D eigenvalue weighted by atomic mass is 16.5. The number of nitrogens with zero attached hydrogens (tertiary/aromatic N) is 2. The number of nitrogens with one attached hydrogen (secondary N) is 3. The van der Waals surface area contributed by atoms with Crippen LogP contribution in [-0.2, 0) is 9.53 Å². The number of aliphatic hydroxyl groups is 2. The van der Waals surface area contributed by atoms with Crippen LogP contribution >= 0.6 is 0 Å². The summed E-state index contributed by atoms with van der Waals surface area (Å²) >= 11 is 0. The van der Waals surface area contributed by atoms with Crippen molar-refractivity contribution < 1.29 is 19.7 Å². The molecular formula is C14H19N5O6. The third-order valence-corrected chi connectivity index (χ3v) is 4.02. The molecule has 25 heavy (non-hydrogen) atoms. The van der Waals surface area contributed by atoms with Gasteiger partial charge in [-0.3, -0.25) is 24.9 Å². The Hall–Kier alpha value is -2.50. The molecule has 1 aliphatic rings. The van der Waals surface area contributed by atoms with Crippen LogP contribution in [0.5, 0.6) is 0 Å². The van der Waals surface area contributed by atoms with Crippen molar-refractivity contribution in [3.05, 3.63) is 20.8 Å². The van der Waals surface area contributed by atoms with Gasteiger partial charge >= 0.3 is 5.69 Å². The van der Waals surface area contributed by atoms with Gasteiger partial charge in [0.1, 0.15) is 12.3 Å². The van der Waals surface area contributed by atoms with Gasteiger partial charge in [-0.05, 0) is 0 Å². The Kier molecular flexibility index (Phi) is 4.45. The molecule has 2 aromatic rings. The second-order valence-electron chi connectivity index (χ2n) is 6.17. The van der Waals surface area contributed by atoms with Crippen molar-refractivity contribution in [2.45, 2.75) is 38.7 Å². The molecule has 11 nitrogen and oxygen atoms in total. The average Bonchev–Trinajstić information content (AvgIpc) is 3.06. The Morgan fingerprint density at radius 1 is 1.44 bits per heavy atom. The highest BCUT2D eigenvalue weighted by Crippen LogP contribution is 2.29. The maximum absolute atomic E-state index is 12.2. The van der Waals surface area contributed by atoms with Gasteiger partial charge in [-0.15, -0.1) is 0 Å². The lowest BCUT2D eigenvalue weighted by Gasteiger charge is -2.13. The predicted molar refractivity (Wildman–Crippen MR) is 86.1 cm³/mol. The van der Waals surface area contributed by atoms with E-state index in [1.54, 1.807) is 13.8 Å². The number of rotatable bonds is 4. The second-order valence-corrected chi connectivity index (χ2v) is 6.17. The van der Waals surface area contributed by atoms with Gasteiger partial charge in [0.05, 0.1) is 12.7 Å². The first-order chi connectivity index (χ1) is 11.8.